The number of hydrogen-bond donors (Lipinski definition) is 0. The molecule has 0 unspecified atom stereocenters. The van der Waals surface area contributed by atoms with Gasteiger partial charge in [0, 0.05) is 196 Å². The van der Waals surface area contributed by atoms with Crippen molar-refractivity contribution in [2.45, 2.75) is 19.8 Å². The average molecular weight is 693 g/mol. The van der Waals surface area contributed by atoms with Crippen molar-refractivity contribution in [1.29, 1.82) is 0 Å². The van der Waals surface area contributed by atoms with Crippen molar-refractivity contribution in [2.24, 2.45) is 0 Å². The first-order valence-electron chi connectivity index (χ1n) is 3.78. The topological polar surface area (TPSA) is 0 Å². The predicted octanol–water partition coefficient (Wildman–Crippen LogP) is 3.38. The fourth-order valence-electron chi connectivity index (χ4n) is 0.906. The summed E-state index contributed by atoms with van der Waals surface area (Å²) in [6.07, 6.45) is 2.79. The Balaban J connectivity index is -0.0000000346. The molecule has 6 radical (unpaired) electrons. The van der Waals surface area contributed by atoms with Gasteiger partial charge in [-0.15, -0.1) is 0 Å². The van der Waals surface area contributed by atoms with Crippen LogP contribution in [0.3, 0.4) is 0 Å². The minimum atomic E-state index is 0. The van der Waals surface area contributed by atoms with Gasteiger partial charge in [-0.3, -0.25) is 6.07 Å². The van der Waals surface area contributed by atoms with Gasteiger partial charge in [0.05, 0.1) is 0 Å². The van der Waals surface area contributed by atoms with Crippen LogP contribution in [0, 0.1) is 19.6 Å². The largest absolute Gasteiger partial charge is 0.383 e. The molecule has 0 aliphatic heterocycles. The molecular formula is C12H15Y6-3. The van der Waals surface area contributed by atoms with Crippen LogP contribution < -0.4 is 0 Å². The van der Waals surface area contributed by atoms with Crippen LogP contribution in [-0.4, -0.2) is 0 Å². The third kappa shape index (κ3) is 19.6. The summed E-state index contributed by atoms with van der Waals surface area (Å²) < 4.78 is 0. The molecular weight excluding hydrogens is 678 g/mol. The van der Waals surface area contributed by atoms with Gasteiger partial charge in [-0.25, -0.2) is 6.58 Å². The first-order chi connectivity index (χ1) is 5.24. The molecule has 6 heteroatoms. The van der Waals surface area contributed by atoms with Crippen LogP contribution >= 0.6 is 0 Å². The molecule has 0 fully saturated rings. The van der Waals surface area contributed by atoms with E-state index >= 15 is 0 Å². The SMILES string of the molecule is C=[C-]c1[c-]cc(C(C)C)cc1.[CH3-].[Y].[Y].[Y].[Y].[Y].[Y]. The van der Waals surface area contributed by atoms with Gasteiger partial charge in [-0.05, 0) is 5.92 Å². The second-order valence-electron chi connectivity index (χ2n) is 2.87. The Kier molecular flexibility index (Phi) is 66.7. The van der Waals surface area contributed by atoms with E-state index in [0.717, 1.165) is 5.56 Å². The van der Waals surface area contributed by atoms with Crippen LogP contribution in [-0.2, 0) is 196 Å². The van der Waals surface area contributed by atoms with Crippen molar-refractivity contribution in [3.63, 3.8) is 0 Å². The van der Waals surface area contributed by atoms with Crippen molar-refractivity contribution in [1.82, 2.24) is 0 Å². The van der Waals surface area contributed by atoms with Gasteiger partial charge in [0.1, 0.15) is 0 Å². The predicted molar refractivity (Wildman–Crippen MR) is 53.8 cm³/mol. The van der Waals surface area contributed by atoms with Crippen LogP contribution in [0.4, 0.5) is 0 Å². The Hall–Kier alpha value is 5.58. The molecule has 0 spiro atoms. The Bertz CT molecular complexity index is 245. The Morgan fingerprint density at radius 1 is 1.00 bits per heavy atom. The van der Waals surface area contributed by atoms with E-state index in [1.54, 1.807) is 0 Å². The first-order valence-corrected chi connectivity index (χ1v) is 3.78. The molecule has 0 aliphatic rings. The van der Waals surface area contributed by atoms with E-state index in [2.05, 4.69) is 38.6 Å². The maximum absolute atomic E-state index is 3.55. The van der Waals surface area contributed by atoms with Crippen molar-refractivity contribution < 1.29 is 196 Å². The molecule has 0 saturated heterocycles. The number of benzene rings is 1. The smallest absolute Gasteiger partial charge is 0 e. The summed E-state index contributed by atoms with van der Waals surface area (Å²) in [7, 11) is 0. The van der Waals surface area contributed by atoms with Crippen LogP contribution in [0.2, 0.25) is 0 Å². The third-order valence-corrected chi connectivity index (χ3v) is 1.69. The summed E-state index contributed by atoms with van der Waals surface area (Å²) in [4.78, 5) is 0. The van der Waals surface area contributed by atoms with Crippen molar-refractivity contribution >= 4 is 0 Å². The summed E-state index contributed by atoms with van der Waals surface area (Å²) in [6.45, 7) is 7.88. The van der Waals surface area contributed by atoms with Gasteiger partial charge in [-0.1, -0.05) is 19.4 Å². The monoisotopic (exact) mass is 693 g/mol. The quantitative estimate of drug-likeness (QED) is 0.418. The van der Waals surface area contributed by atoms with E-state index < -0.39 is 0 Å². The second-order valence-corrected chi connectivity index (χ2v) is 2.87. The normalized spacial score (nSPS) is 6.17. The van der Waals surface area contributed by atoms with Crippen LogP contribution in [0.25, 0.3) is 0 Å². The number of hydrogen-bond acceptors (Lipinski definition) is 0. The van der Waals surface area contributed by atoms with Gasteiger partial charge in [0.25, 0.3) is 0 Å². The zero-order chi connectivity index (χ0) is 8.27. The van der Waals surface area contributed by atoms with Crippen LogP contribution in [0.15, 0.2) is 24.8 Å². The summed E-state index contributed by atoms with van der Waals surface area (Å²) in [5.74, 6) is 0.574. The molecule has 1 aromatic rings. The van der Waals surface area contributed by atoms with E-state index in [1.807, 2.05) is 12.1 Å². The maximum atomic E-state index is 3.55. The van der Waals surface area contributed by atoms with E-state index in [1.165, 1.54) is 5.56 Å². The average Bonchev–Trinajstić information content (AvgIpc) is 2.05. The molecule has 0 N–H and O–H groups in total. The molecule has 1 aromatic carbocycles. The molecule has 1 rings (SSSR count). The molecule has 0 nitrogen and oxygen atoms in total. The molecule has 84 valence electrons. The zero-order valence-corrected chi connectivity index (χ0v) is 28.5. The van der Waals surface area contributed by atoms with Gasteiger partial charge in [0.15, 0.2) is 0 Å². The molecule has 0 aromatic heterocycles. The summed E-state index contributed by atoms with van der Waals surface area (Å²) in [5, 5.41) is 0. The molecule has 0 amide bonds. The van der Waals surface area contributed by atoms with E-state index in [0.29, 0.717) is 5.92 Å². The van der Waals surface area contributed by atoms with E-state index in [-0.39, 0.29) is 204 Å². The minimum Gasteiger partial charge on any atom is -0.383 e. The fourth-order valence-corrected chi connectivity index (χ4v) is 0.906. The van der Waals surface area contributed by atoms with Gasteiger partial charge < -0.3 is 25.1 Å². The summed E-state index contributed by atoms with van der Waals surface area (Å²) >= 11 is 0. The Labute approximate surface area is 264 Å². The van der Waals surface area contributed by atoms with Crippen LogP contribution in [0.5, 0.6) is 0 Å². The van der Waals surface area contributed by atoms with Crippen molar-refractivity contribution in [2.75, 3.05) is 0 Å². The molecule has 0 bridgehead atoms. The minimum absolute atomic E-state index is 0. The zero-order valence-electron chi connectivity index (χ0n) is 11.5. The van der Waals surface area contributed by atoms with Gasteiger partial charge in [0.2, 0.25) is 0 Å². The molecule has 0 saturated carbocycles. The van der Waals surface area contributed by atoms with Crippen molar-refractivity contribution in [3.8, 4) is 0 Å². The Morgan fingerprint density at radius 3 is 1.67 bits per heavy atom. The second kappa shape index (κ2) is 27.4. The molecule has 0 atom stereocenters. The fraction of sp³-hybridized carbons (Fsp3) is 0.250. The number of rotatable bonds is 2. The molecule has 18 heavy (non-hydrogen) atoms. The molecule has 0 heterocycles. The van der Waals surface area contributed by atoms with Crippen molar-refractivity contribution in [3.05, 3.63) is 55.5 Å². The van der Waals surface area contributed by atoms with E-state index in [4.69, 9.17) is 0 Å². The first kappa shape index (κ1) is 43.7. The Morgan fingerprint density at radius 2 is 1.44 bits per heavy atom. The standard InChI is InChI=1S/C11H12.CH3.6Y/c1-4-10-5-7-11(8-6-10)9(2)3;;;;;;;/h5,7-9H,1H2,2-3H3;1H3;;;;;;/q-2;-1;;;;;;. The maximum Gasteiger partial charge on any atom is 0 e. The van der Waals surface area contributed by atoms with Gasteiger partial charge in [-0.2, -0.15) is 12.1 Å². The van der Waals surface area contributed by atoms with Crippen LogP contribution in [0.1, 0.15) is 30.9 Å². The van der Waals surface area contributed by atoms with Gasteiger partial charge >= 0.3 is 0 Å². The summed E-state index contributed by atoms with van der Waals surface area (Å²) in [6, 6.07) is 9.17. The van der Waals surface area contributed by atoms with E-state index in [9.17, 15) is 0 Å². The summed E-state index contributed by atoms with van der Waals surface area (Å²) in [5.41, 5.74) is 2.25. The molecule has 0 aliphatic carbocycles. The third-order valence-electron chi connectivity index (χ3n) is 1.69.